The number of phenols is 1. The second-order valence-corrected chi connectivity index (χ2v) is 6.25. The number of carbonyl (C=O) groups is 1. The highest BCUT2D eigenvalue weighted by atomic mass is 32.1. The smallest absolute Gasteiger partial charge is 0.311 e. The maximum atomic E-state index is 12.0. The van der Waals surface area contributed by atoms with Crippen molar-refractivity contribution in [2.45, 2.75) is 19.3 Å². The van der Waals surface area contributed by atoms with Crippen LogP contribution >= 0.6 is 11.3 Å². The van der Waals surface area contributed by atoms with Crippen molar-refractivity contribution < 1.29 is 14.8 Å². The zero-order valence-electron chi connectivity index (χ0n) is 12.0. The largest absolute Gasteiger partial charge is 0.502 e. The van der Waals surface area contributed by atoms with Crippen molar-refractivity contribution in [1.82, 2.24) is 5.43 Å². The van der Waals surface area contributed by atoms with Crippen LogP contribution in [0, 0.1) is 10.1 Å². The van der Waals surface area contributed by atoms with E-state index in [0.29, 0.717) is 10.4 Å². The van der Waals surface area contributed by atoms with Crippen molar-refractivity contribution in [2.75, 3.05) is 0 Å². The van der Waals surface area contributed by atoms with Gasteiger partial charge in [-0.3, -0.25) is 14.9 Å². The van der Waals surface area contributed by atoms with E-state index in [4.69, 9.17) is 0 Å². The van der Waals surface area contributed by atoms with Crippen LogP contribution in [0.2, 0.25) is 0 Å². The van der Waals surface area contributed by atoms with Gasteiger partial charge >= 0.3 is 5.69 Å². The van der Waals surface area contributed by atoms with E-state index in [2.05, 4.69) is 10.5 Å². The highest BCUT2D eigenvalue weighted by Gasteiger charge is 2.18. The molecule has 2 N–H and O–H groups in total. The van der Waals surface area contributed by atoms with E-state index in [1.165, 1.54) is 46.2 Å². The molecule has 0 saturated carbocycles. The van der Waals surface area contributed by atoms with Gasteiger partial charge in [-0.15, -0.1) is 11.3 Å². The third-order valence-corrected chi connectivity index (χ3v) is 4.78. The van der Waals surface area contributed by atoms with Gasteiger partial charge in [-0.2, -0.15) is 5.10 Å². The van der Waals surface area contributed by atoms with Gasteiger partial charge in [0.15, 0.2) is 5.75 Å². The third kappa shape index (κ3) is 3.21. The number of nitrogens with one attached hydrogen (secondary N) is 1. The molecular weight excluding hydrogens is 318 g/mol. The van der Waals surface area contributed by atoms with E-state index < -0.39 is 16.4 Å². The molecule has 0 bridgehead atoms. The van der Waals surface area contributed by atoms with Gasteiger partial charge in [-0.1, -0.05) is 0 Å². The number of nitro groups is 1. The van der Waals surface area contributed by atoms with Crippen LogP contribution in [0.5, 0.6) is 5.75 Å². The highest BCUT2D eigenvalue weighted by molar-refractivity contribution is 7.14. The number of hydrogen-bond acceptors (Lipinski definition) is 6. The molecule has 0 radical (unpaired) electrons. The zero-order valence-corrected chi connectivity index (χ0v) is 12.8. The molecule has 3 rings (SSSR count). The Balaban J connectivity index is 1.67. The van der Waals surface area contributed by atoms with Gasteiger partial charge in [0.1, 0.15) is 0 Å². The van der Waals surface area contributed by atoms with Crippen LogP contribution in [0.1, 0.15) is 32.1 Å². The lowest BCUT2D eigenvalue weighted by Gasteiger charge is -1.98. The topological polar surface area (TPSA) is 105 Å². The van der Waals surface area contributed by atoms with Crippen LogP contribution in [0.4, 0.5) is 5.69 Å². The van der Waals surface area contributed by atoms with E-state index in [9.17, 15) is 20.0 Å². The van der Waals surface area contributed by atoms with Crippen molar-refractivity contribution in [2.24, 2.45) is 5.10 Å². The summed E-state index contributed by atoms with van der Waals surface area (Å²) in [6, 6.07) is 5.76. The first-order chi connectivity index (χ1) is 11.0. The van der Waals surface area contributed by atoms with Gasteiger partial charge in [0.25, 0.3) is 5.91 Å². The summed E-state index contributed by atoms with van der Waals surface area (Å²) >= 11 is 1.48. The van der Waals surface area contributed by atoms with Gasteiger partial charge in [-0.25, -0.2) is 5.43 Å². The molecule has 1 aromatic carbocycles. The number of phenolic OH excluding ortho intramolecular Hbond substituents is 1. The van der Waals surface area contributed by atoms with Gasteiger partial charge in [0.05, 0.1) is 16.0 Å². The Kier molecular flexibility index (Phi) is 4.07. The molecule has 0 fully saturated rings. The Bertz CT molecular complexity index is 792. The number of aromatic hydroxyl groups is 1. The summed E-state index contributed by atoms with van der Waals surface area (Å²) in [5.74, 6) is -0.710. The predicted octanol–water partition coefficient (Wildman–Crippen LogP) is 2.61. The number of thiophene rings is 1. The molecule has 7 nitrogen and oxygen atoms in total. The van der Waals surface area contributed by atoms with Gasteiger partial charge in [0, 0.05) is 16.5 Å². The van der Waals surface area contributed by atoms with Crippen molar-refractivity contribution in [3.8, 4) is 5.75 Å². The average Bonchev–Trinajstić information content (AvgIpc) is 3.09. The Hall–Kier alpha value is -2.74. The van der Waals surface area contributed by atoms with Crippen LogP contribution in [0.25, 0.3) is 0 Å². The molecular formula is C15H13N3O4S. The molecule has 8 heteroatoms. The molecule has 1 amide bonds. The predicted molar refractivity (Wildman–Crippen MR) is 86.2 cm³/mol. The molecule has 118 valence electrons. The highest BCUT2D eigenvalue weighted by Crippen LogP contribution is 2.30. The second-order valence-electron chi connectivity index (χ2n) is 5.12. The summed E-state index contributed by atoms with van der Waals surface area (Å²) in [5.41, 5.74) is 3.64. The molecule has 0 atom stereocenters. The van der Waals surface area contributed by atoms with Gasteiger partial charge in [-0.05, 0) is 43.0 Å². The fourth-order valence-electron chi connectivity index (χ4n) is 2.43. The van der Waals surface area contributed by atoms with E-state index in [0.717, 1.165) is 19.3 Å². The minimum absolute atomic E-state index is 0.297. The minimum Gasteiger partial charge on any atom is -0.502 e. The van der Waals surface area contributed by atoms with Crippen LogP contribution in [0.15, 0.2) is 29.4 Å². The van der Waals surface area contributed by atoms with Crippen LogP contribution in [-0.4, -0.2) is 22.2 Å². The van der Waals surface area contributed by atoms with Gasteiger partial charge in [0.2, 0.25) is 0 Å². The second kappa shape index (κ2) is 6.17. The third-order valence-electron chi connectivity index (χ3n) is 3.55. The first kappa shape index (κ1) is 15.2. The summed E-state index contributed by atoms with van der Waals surface area (Å²) in [5, 5.41) is 23.9. The number of hydrazone groups is 1. The Morgan fingerprint density at radius 1 is 1.39 bits per heavy atom. The van der Waals surface area contributed by atoms with Crippen LogP contribution in [-0.2, 0) is 12.8 Å². The van der Waals surface area contributed by atoms with Crippen molar-refractivity contribution >= 4 is 29.1 Å². The molecule has 1 aliphatic carbocycles. The monoisotopic (exact) mass is 331 g/mol. The first-order valence-electron chi connectivity index (χ1n) is 6.97. The Labute approximate surface area is 135 Å². The number of nitrogens with zero attached hydrogens (tertiary/aromatic N) is 2. The van der Waals surface area contributed by atoms with Crippen molar-refractivity contribution in [3.63, 3.8) is 0 Å². The molecule has 1 aromatic heterocycles. The maximum Gasteiger partial charge on any atom is 0.311 e. The average molecular weight is 331 g/mol. The van der Waals surface area contributed by atoms with E-state index >= 15 is 0 Å². The van der Waals surface area contributed by atoms with Crippen LogP contribution < -0.4 is 5.43 Å². The lowest BCUT2D eigenvalue weighted by molar-refractivity contribution is -0.385. The number of rotatable bonds is 4. The number of amides is 1. The van der Waals surface area contributed by atoms with E-state index in [-0.39, 0.29) is 5.91 Å². The molecule has 23 heavy (non-hydrogen) atoms. The Morgan fingerprint density at radius 3 is 2.96 bits per heavy atom. The normalized spacial score (nSPS) is 13.2. The zero-order chi connectivity index (χ0) is 16.4. The summed E-state index contributed by atoms with van der Waals surface area (Å²) in [6.07, 6.45) is 4.47. The standard InChI is InChI=1S/C15H13N3O4S/c19-12-5-4-9(6-11(12)18(21)22)8-16-17-15(20)14-7-10-2-1-3-13(10)23-14/h4-8,19H,1-3H2,(H,17,20)/b16-8-. The van der Waals surface area contributed by atoms with Crippen molar-refractivity contribution in [3.05, 3.63) is 55.3 Å². The van der Waals surface area contributed by atoms with Gasteiger partial charge < -0.3 is 5.11 Å². The molecule has 0 aliphatic heterocycles. The fraction of sp³-hybridized carbons (Fsp3) is 0.200. The number of benzene rings is 1. The minimum atomic E-state index is -0.682. The number of aryl methyl sites for hydroxylation is 2. The lowest BCUT2D eigenvalue weighted by Crippen LogP contribution is -2.16. The number of nitro benzene ring substituents is 1. The quantitative estimate of drug-likeness (QED) is 0.510. The summed E-state index contributed by atoms with van der Waals surface area (Å²) in [6.45, 7) is 0. The number of fused-ring (bicyclic) bond motifs is 1. The molecule has 0 spiro atoms. The van der Waals surface area contributed by atoms with Crippen molar-refractivity contribution in [1.29, 1.82) is 0 Å². The van der Waals surface area contributed by atoms with E-state index in [1.54, 1.807) is 0 Å². The molecule has 0 saturated heterocycles. The molecule has 0 unspecified atom stereocenters. The Morgan fingerprint density at radius 2 is 2.22 bits per heavy atom. The van der Waals surface area contributed by atoms with Crippen LogP contribution in [0.3, 0.4) is 0 Å². The summed E-state index contributed by atoms with van der Waals surface area (Å²) < 4.78 is 0. The first-order valence-corrected chi connectivity index (χ1v) is 7.78. The number of carbonyl (C=O) groups excluding carboxylic acids is 1. The van der Waals surface area contributed by atoms with E-state index in [1.807, 2.05) is 6.07 Å². The lowest BCUT2D eigenvalue weighted by atomic mass is 10.2. The molecule has 2 aromatic rings. The summed E-state index contributed by atoms with van der Waals surface area (Å²) in [4.78, 5) is 23.9. The fourth-order valence-corrected chi connectivity index (χ4v) is 3.57. The summed E-state index contributed by atoms with van der Waals surface area (Å²) in [7, 11) is 0. The number of hydrogen-bond donors (Lipinski definition) is 2. The SMILES string of the molecule is O=C(N/N=C\c1ccc(O)c([N+](=O)[O-])c1)c1cc2c(s1)CCC2. The maximum absolute atomic E-state index is 12.0. The molecule has 1 aliphatic rings. The molecule has 1 heterocycles.